The molecule has 0 aliphatic heterocycles. The molecule has 0 N–H and O–H groups in total. The number of benzene rings is 9. The van der Waals surface area contributed by atoms with Crippen molar-refractivity contribution < 1.29 is 0 Å². The molecule has 0 aliphatic rings. The maximum Gasteiger partial charge on any atom is 0.164 e. The summed E-state index contributed by atoms with van der Waals surface area (Å²) in [4.78, 5) is 15.3. The maximum atomic E-state index is 5.16. The number of aromatic nitrogens is 5. The molecule has 0 radical (unpaired) electrons. The lowest BCUT2D eigenvalue weighted by atomic mass is 10.0. The second kappa shape index (κ2) is 12.8. The first-order valence-electron chi connectivity index (χ1n) is 19.6. The molecule has 3 aromatic heterocycles. The van der Waals surface area contributed by atoms with Crippen LogP contribution < -0.4 is 0 Å². The first kappa shape index (κ1) is 32.4. The summed E-state index contributed by atoms with van der Waals surface area (Å²) in [5.74, 6) is 1.94. The average molecular weight is 740 g/mol. The van der Waals surface area contributed by atoms with Crippen LogP contribution in [0.5, 0.6) is 0 Å². The van der Waals surface area contributed by atoms with Gasteiger partial charge in [0.15, 0.2) is 17.5 Å². The van der Waals surface area contributed by atoms with Crippen molar-refractivity contribution in [3.05, 3.63) is 200 Å². The molecule has 0 bridgehead atoms. The van der Waals surface area contributed by atoms with Crippen molar-refractivity contribution in [1.29, 1.82) is 0 Å². The fourth-order valence-electron chi connectivity index (χ4n) is 8.93. The van der Waals surface area contributed by atoms with Crippen LogP contribution in [0.1, 0.15) is 0 Å². The Labute approximate surface area is 333 Å². The van der Waals surface area contributed by atoms with Crippen LogP contribution in [0, 0.1) is 0 Å². The van der Waals surface area contributed by atoms with Gasteiger partial charge in [-0.1, -0.05) is 146 Å². The van der Waals surface area contributed by atoms with Gasteiger partial charge >= 0.3 is 0 Å². The molecule has 58 heavy (non-hydrogen) atoms. The summed E-state index contributed by atoms with van der Waals surface area (Å²) < 4.78 is 4.81. The molecule has 0 aliphatic carbocycles. The summed E-state index contributed by atoms with van der Waals surface area (Å²) >= 11 is 0. The Morgan fingerprint density at radius 2 is 0.862 bits per heavy atom. The molecule has 5 heteroatoms. The van der Waals surface area contributed by atoms with E-state index in [1.165, 1.54) is 49.0 Å². The standard InChI is InChI=1S/C53H33N5/c1-3-15-35(16-4-1)51-54-52(38-27-26-34-14-7-8-17-36(34)32-38)56-53(55-51)42-23-13-18-37-33-40(28-29-41(37)42)58-46-25-12-10-22-44(46)50-48(58)31-30-47-49(50)43-21-9-11-24-45(43)57(47)39-19-5-2-6-20-39/h1-33H. The van der Waals surface area contributed by atoms with Gasteiger partial charge in [0.2, 0.25) is 0 Å². The second-order valence-electron chi connectivity index (χ2n) is 14.8. The Morgan fingerprint density at radius 3 is 1.59 bits per heavy atom. The van der Waals surface area contributed by atoms with Crippen LogP contribution in [0.3, 0.4) is 0 Å². The highest BCUT2D eigenvalue weighted by Gasteiger charge is 2.21. The molecule has 12 aromatic rings. The quantitative estimate of drug-likeness (QED) is 0.177. The Morgan fingerprint density at radius 1 is 0.293 bits per heavy atom. The Hall–Kier alpha value is -7.89. The van der Waals surface area contributed by atoms with Crippen molar-refractivity contribution in [3.63, 3.8) is 0 Å². The summed E-state index contributed by atoms with van der Waals surface area (Å²) in [6.45, 7) is 0. The number of nitrogens with zero attached hydrogens (tertiary/aromatic N) is 5. The number of hydrogen-bond donors (Lipinski definition) is 0. The van der Waals surface area contributed by atoms with Crippen LogP contribution in [-0.2, 0) is 0 Å². The second-order valence-corrected chi connectivity index (χ2v) is 14.8. The molecule has 12 rings (SSSR count). The average Bonchev–Trinajstić information content (AvgIpc) is 3.82. The number of rotatable bonds is 5. The van der Waals surface area contributed by atoms with E-state index in [4.69, 9.17) is 15.0 Å². The van der Waals surface area contributed by atoms with E-state index in [9.17, 15) is 0 Å². The molecule has 0 unspecified atom stereocenters. The van der Waals surface area contributed by atoms with Crippen molar-refractivity contribution in [2.45, 2.75) is 0 Å². The van der Waals surface area contributed by atoms with Crippen molar-refractivity contribution in [2.75, 3.05) is 0 Å². The molecule has 5 nitrogen and oxygen atoms in total. The zero-order chi connectivity index (χ0) is 38.2. The smallest absolute Gasteiger partial charge is 0.164 e. The third-order valence-electron chi connectivity index (χ3n) is 11.5. The van der Waals surface area contributed by atoms with Crippen molar-refractivity contribution in [2.24, 2.45) is 0 Å². The molecule has 0 saturated carbocycles. The topological polar surface area (TPSA) is 48.5 Å². The monoisotopic (exact) mass is 739 g/mol. The van der Waals surface area contributed by atoms with Gasteiger partial charge in [-0.2, -0.15) is 0 Å². The Kier molecular flexibility index (Phi) is 7.16. The van der Waals surface area contributed by atoms with Gasteiger partial charge in [-0.15, -0.1) is 0 Å². The van der Waals surface area contributed by atoms with Gasteiger partial charge in [0.25, 0.3) is 0 Å². The van der Waals surface area contributed by atoms with Gasteiger partial charge in [-0.05, 0) is 76.1 Å². The summed E-state index contributed by atoms with van der Waals surface area (Å²) in [6.07, 6.45) is 0. The minimum atomic E-state index is 0.643. The third kappa shape index (κ3) is 5.00. The SMILES string of the molecule is c1ccc(-c2nc(-c3ccc4ccccc4c3)nc(-c3cccc4cc(-n5c6ccccc6c6c7c8ccccc8n(-c8ccccc8)c7ccc65)ccc34)n2)cc1. The van der Waals surface area contributed by atoms with Gasteiger partial charge in [-0.3, -0.25) is 0 Å². The summed E-state index contributed by atoms with van der Waals surface area (Å²) in [5.41, 5.74) is 9.85. The molecule has 270 valence electrons. The molecular formula is C53H33N5. The highest BCUT2D eigenvalue weighted by molar-refractivity contribution is 6.29. The van der Waals surface area contributed by atoms with Crippen LogP contribution in [0.2, 0.25) is 0 Å². The van der Waals surface area contributed by atoms with E-state index < -0.39 is 0 Å². The maximum absolute atomic E-state index is 5.16. The minimum Gasteiger partial charge on any atom is -0.309 e. The fraction of sp³-hybridized carbons (Fsp3) is 0. The normalized spacial score (nSPS) is 11.8. The van der Waals surface area contributed by atoms with Crippen LogP contribution in [0.15, 0.2) is 200 Å². The van der Waals surface area contributed by atoms with E-state index in [1.54, 1.807) is 0 Å². The predicted molar refractivity (Wildman–Crippen MR) is 240 cm³/mol. The molecule has 0 atom stereocenters. The lowest BCUT2D eigenvalue weighted by Gasteiger charge is -2.13. The number of hydrogen-bond acceptors (Lipinski definition) is 3. The molecule has 0 amide bonds. The van der Waals surface area contributed by atoms with Gasteiger partial charge in [-0.25, -0.2) is 15.0 Å². The molecule has 0 saturated heterocycles. The molecular weight excluding hydrogens is 707 g/mol. The lowest BCUT2D eigenvalue weighted by Crippen LogP contribution is -2.01. The van der Waals surface area contributed by atoms with Crippen LogP contribution >= 0.6 is 0 Å². The first-order chi connectivity index (χ1) is 28.8. The Bertz CT molecular complexity index is 3560. The highest BCUT2D eigenvalue weighted by atomic mass is 15.0. The summed E-state index contributed by atoms with van der Waals surface area (Å²) in [5, 5.41) is 9.51. The van der Waals surface area contributed by atoms with Crippen molar-refractivity contribution in [1.82, 2.24) is 24.1 Å². The van der Waals surface area contributed by atoms with Gasteiger partial charge < -0.3 is 9.13 Å². The Balaban J connectivity index is 1.06. The van der Waals surface area contributed by atoms with Crippen molar-refractivity contribution in [3.8, 4) is 45.5 Å². The van der Waals surface area contributed by atoms with E-state index in [1.807, 2.05) is 18.2 Å². The zero-order valence-electron chi connectivity index (χ0n) is 31.3. The zero-order valence-corrected chi connectivity index (χ0v) is 31.3. The van der Waals surface area contributed by atoms with Gasteiger partial charge in [0, 0.05) is 49.6 Å². The number of para-hydroxylation sites is 3. The summed E-state index contributed by atoms with van der Waals surface area (Å²) in [7, 11) is 0. The van der Waals surface area contributed by atoms with E-state index in [0.29, 0.717) is 17.5 Å². The molecule has 0 spiro atoms. The van der Waals surface area contributed by atoms with E-state index >= 15 is 0 Å². The first-order valence-corrected chi connectivity index (χ1v) is 19.6. The molecule has 9 aromatic carbocycles. The lowest BCUT2D eigenvalue weighted by molar-refractivity contribution is 1.08. The van der Waals surface area contributed by atoms with Gasteiger partial charge in [0.05, 0.1) is 22.1 Å². The fourth-order valence-corrected chi connectivity index (χ4v) is 8.93. The van der Waals surface area contributed by atoms with Crippen LogP contribution in [0.25, 0.3) is 111 Å². The largest absolute Gasteiger partial charge is 0.309 e. The van der Waals surface area contributed by atoms with Gasteiger partial charge in [0.1, 0.15) is 0 Å². The number of fused-ring (bicyclic) bond motifs is 9. The summed E-state index contributed by atoms with van der Waals surface area (Å²) in [6, 6.07) is 70.9. The predicted octanol–water partition coefficient (Wildman–Crippen LogP) is 13.4. The molecule has 3 heterocycles. The van der Waals surface area contributed by atoms with E-state index in [2.05, 4.69) is 191 Å². The van der Waals surface area contributed by atoms with E-state index in [0.717, 1.165) is 44.2 Å². The third-order valence-corrected chi connectivity index (χ3v) is 11.5. The van der Waals surface area contributed by atoms with Crippen molar-refractivity contribution >= 4 is 65.2 Å². The van der Waals surface area contributed by atoms with Crippen LogP contribution in [-0.4, -0.2) is 24.1 Å². The highest BCUT2D eigenvalue weighted by Crippen LogP contribution is 2.43. The van der Waals surface area contributed by atoms with E-state index in [-0.39, 0.29) is 0 Å². The minimum absolute atomic E-state index is 0.643. The molecule has 0 fully saturated rings. The van der Waals surface area contributed by atoms with Crippen LogP contribution in [0.4, 0.5) is 0 Å².